The zero-order valence-electron chi connectivity index (χ0n) is 14.6. The molecular formula is C19H19FN6O. The lowest BCUT2D eigenvalue weighted by molar-refractivity contribution is 0.0948. The van der Waals surface area contributed by atoms with Gasteiger partial charge >= 0.3 is 0 Å². The summed E-state index contributed by atoms with van der Waals surface area (Å²) in [5.41, 5.74) is 2.41. The molecule has 3 aromatic rings. The van der Waals surface area contributed by atoms with E-state index in [1.165, 1.54) is 23.1 Å². The summed E-state index contributed by atoms with van der Waals surface area (Å²) in [4.78, 5) is 14.6. The summed E-state index contributed by atoms with van der Waals surface area (Å²) in [5.74, 6) is 0.0471. The second-order valence-electron chi connectivity index (χ2n) is 6.59. The molecule has 0 aliphatic carbocycles. The highest BCUT2D eigenvalue weighted by molar-refractivity contribution is 5.94. The van der Waals surface area contributed by atoms with Gasteiger partial charge in [-0.2, -0.15) is 0 Å². The van der Waals surface area contributed by atoms with Crippen LogP contribution in [0, 0.1) is 11.7 Å². The topological polar surface area (TPSA) is 75.9 Å². The van der Waals surface area contributed by atoms with E-state index >= 15 is 0 Å². The Hall–Kier alpha value is -3.29. The van der Waals surface area contributed by atoms with E-state index in [2.05, 4.69) is 25.7 Å². The van der Waals surface area contributed by atoms with Gasteiger partial charge < -0.3 is 10.2 Å². The van der Waals surface area contributed by atoms with Gasteiger partial charge in [0, 0.05) is 30.9 Å². The van der Waals surface area contributed by atoms with Crippen molar-refractivity contribution in [1.82, 2.24) is 25.5 Å². The Morgan fingerprint density at radius 1 is 1.11 bits per heavy atom. The maximum atomic E-state index is 13.0. The van der Waals surface area contributed by atoms with Gasteiger partial charge in [0.25, 0.3) is 5.91 Å². The molecule has 0 spiro atoms. The van der Waals surface area contributed by atoms with Crippen LogP contribution in [0.3, 0.4) is 0 Å². The highest BCUT2D eigenvalue weighted by Crippen LogP contribution is 2.23. The van der Waals surface area contributed by atoms with Crippen LogP contribution in [0.15, 0.2) is 54.9 Å². The molecule has 1 aromatic heterocycles. The molecule has 0 saturated carbocycles. The molecule has 7 nitrogen and oxygen atoms in total. The number of hydrogen-bond donors (Lipinski definition) is 1. The maximum absolute atomic E-state index is 13.0. The highest BCUT2D eigenvalue weighted by atomic mass is 19.1. The number of nitrogens with one attached hydrogen (secondary N) is 1. The minimum absolute atomic E-state index is 0.0986. The number of aromatic nitrogens is 4. The summed E-state index contributed by atoms with van der Waals surface area (Å²) in [6, 6.07) is 13.7. The van der Waals surface area contributed by atoms with Gasteiger partial charge in [0.2, 0.25) is 0 Å². The van der Waals surface area contributed by atoms with Crippen LogP contribution in [0.5, 0.6) is 0 Å². The molecule has 27 heavy (non-hydrogen) atoms. The van der Waals surface area contributed by atoms with Crippen LogP contribution in [0.2, 0.25) is 0 Å². The summed E-state index contributed by atoms with van der Waals surface area (Å²) in [7, 11) is 0. The molecule has 1 saturated heterocycles. The molecule has 0 bridgehead atoms. The molecule has 0 radical (unpaired) electrons. The number of carbonyl (C=O) groups is 1. The van der Waals surface area contributed by atoms with Crippen molar-refractivity contribution in [3.05, 3.63) is 66.2 Å². The van der Waals surface area contributed by atoms with Gasteiger partial charge in [-0.15, -0.1) is 5.10 Å². The first kappa shape index (κ1) is 17.1. The Bertz CT molecular complexity index is 895. The lowest BCUT2D eigenvalue weighted by Crippen LogP contribution is -2.31. The fourth-order valence-corrected chi connectivity index (χ4v) is 3.27. The van der Waals surface area contributed by atoms with Crippen LogP contribution in [-0.2, 0) is 0 Å². The van der Waals surface area contributed by atoms with Crippen molar-refractivity contribution in [3.63, 3.8) is 0 Å². The molecule has 1 aliphatic rings. The number of hydrogen-bond acceptors (Lipinski definition) is 5. The number of nitrogens with zero attached hydrogens (tertiary/aromatic N) is 5. The van der Waals surface area contributed by atoms with Crippen molar-refractivity contribution in [2.45, 2.75) is 6.42 Å². The fraction of sp³-hybridized carbons (Fsp3) is 0.263. The van der Waals surface area contributed by atoms with E-state index in [9.17, 15) is 9.18 Å². The van der Waals surface area contributed by atoms with Crippen LogP contribution >= 0.6 is 0 Å². The molecule has 138 valence electrons. The first-order valence-electron chi connectivity index (χ1n) is 8.81. The predicted octanol–water partition coefficient (Wildman–Crippen LogP) is 2.06. The Labute approximate surface area is 155 Å². The summed E-state index contributed by atoms with van der Waals surface area (Å²) in [6.45, 7) is 2.38. The highest BCUT2D eigenvalue weighted by Gasteiger charge is 2.23. The molecule has 8 heteroatoms. The van der Waals surface area contributed by atoms with Crippen LogP contribution in [-0.4, -0.2) is 45.7 Å². The van der Waals surface area contributed by atoms with E-state index in [-0.39, 0.29) is 11.7 Å². The molecule has 2 heterocycles. The minimum atomic E-state index is -0.229. The quantitative estimate of drug-likeness (QED) is 0.748. The van der Waals surface area contributed by atoms with Crippen molar-refractivity contribution < 1.29 is 9.18 Å². The van der Waals surface area contributed by atoms with Crippen molar-refractivity contribution in [1.29, 1.82) is 0 Å². The molecule has 2 aromatic carbocycles. The van der Waals surface area contributed by atoms with E-state index in [1.807, 2.05) is 0 Å². The van der Waals surface area contributed by atoms with Crippen molar-refractivity contribution in [2.75, 3.05) is 24.5 Å². The third kappa shape index (κ3) is 3.94. The van der Waals surface area contributed by atoms with Gasteiger partial charge in [-0.25, -0.2) is 9.07 Å². The molecule has 4 rings (SSSR count). The third-order valence-electron chi connectivity index (χ3n) is 4.77. The maximum Gasteiger partial charge on any atom is 0.251 e. The van der Waals surface area contributed by atoms with Crippen molar-refractivity contribution in [2.24, 2.45) is 5.92 Å². The van der Waals surface area contributed by atoms with Crippen LogP contribution in [0.4, 0.5) is 10.1 Å². The number of tetrazole rings is 1. The van der Waals surface area contributed by atoms with Crippen molar-refractivity contribution >= 4 is 11.6 Å². The Morgan fingerprint density at radius 3 is 2.56 bits per heavy atom. The normalized spacial score (nSPS) is 16.5. The molecular weight excluding hydrogens is 347 g/mol. The average molecular weight is 366 g/mol. The molecule has 1 unspecified atom stereocenters. The second-order valence-corrected chi connectivity index (χ2v) is 6.59. The zero-order valence-corrected chi connectivity index (χ0v) is 14.6. The van der Waals surface area contributed by atoms with Gasteiger partial charge in [0.1, 0.15) is 12.1 Å². The van der Waals surface area contributed by atoms with E-state index in [1.54, 1.807) is 36.4 Å². The lowest BCUT2D eigenvalue weighted by atomic mass is 10.1. The third-order valence-corrected chi connectivity index (χ3v) is 4.77. The number of carbonyl (C=O) groups excluding carboxylic acids is 1. The Morgan fingerprint density at radius 2 is 1.85 bits per heavy atom. The molecule has 1 fully saturated rings. The molecule has 1 N–H and O–H groups in total. The first-order chi connectivity index (χ1) is 13.2. The number of anilines is 1. The Kier molecular flexibility index (Phi) is 4.78. The van der Waals surface area contributed by atoms with Crippen LogP contribution < -0.4 is 10.2 Å². The summed E-state index contributed by atoms with van der Waals surface area (Å²) in [6.07, 6.45) is 2.50. The Balaban J connectivity index is 1.30. The van der Waals surface area contributed by atoms with Gasteiger partial charge in [-0.05, 0) is 71.3 Å². The number of halogens is 1. The smallest absolute Gasteiger partial charge is 0.251 e. The number of rotatable bonds is 5. The van der Waals surface area contributed by atoms with E-state index in [0.717, 1.165) is 30.9 Å². The average Bonchev–Trinajstić information content (AvgIpc) is 3.39. The number of amides is 1. The standard InChI is InChI=1S/C19H19FN6O/c20-16-3-7-17(8-4-16)25-10-9-14(12-25)11-21-19(27)15-1-5-18(6-2-15)26-13-22-23-24-26/h1-8,13-14H,9-12H2,(H,21,27). The second kappa shape index (κ2) is 7.53. The lowest BCUT2D eigenvalue weighted by Gasteiger charge is -2.18. The van der Waals surface area contributed by atoms with Gasteiger partial charge in [-0.3, -0.25) is 4.79 Å². The monoisotopic (exact) mass is 366 g/mol. The SMILES string of the molecule is O=C(NCC1CCN(c2ccc(F)cc2)C1)c1ccc(-n2cnnn2)cc1. The minimum Gasteiger partial charge on any atom is -0.371 e. The van der Waals surface area contributed by atoms with Gasteiger partial charge in [-0.1, -0.05) is 0 Å². The van der Waals surface area contributed by atoms with Gasteiger partial charge in [0.05, 0.1) is 5.69 Å². The largest absolute Gasteiger partial charge is 0.371 e. The van der Waals surface area contributed by atoms with Crippen molar-refractivity contribution in [3.8, 4) is 5.69 Å². The van der Waals surface area contributed by atoms with Crippen LogP contribution in [0.1, 0.15) is 16.8 Å². The number of benzene rings is 2. The van der Waals surface area contributed by atoms with Crippen LogP contribution in [0.25, 0.3) is 5.69 Å². The fourth-order valence-electron chi connectivity index (χ4n) is 3.27. The van der Waals surface area contributed by atoms with E-state index in [0.29, 0.717) is 18.0 Å². The summed E-state index contributed by atoms with van der Waals surface area (Å²) >= 11 is 0. The summed E-state index contributed by atoms with van der Waals surface area (Å²) in [5, 5.41) is 14.0. The summed E-state index contributed by atoms with van der Waals surface area (Å²) < 4.78 is 14.6. The zero-order chi connectivity index (χ0) is 18.6. The van der Waals surface area contributed by atoms with E-state index in [4.69, 9.17) is 0 Å². The molecule has 1 aliphatic heterocycles. The van der Waals surface area contributed by atoms with E-state index < -0.39 is 0 Å². The van der Waals surface area contributed by atoms with Gasteiger partial charge in [0.15, 0.2) is 0 Å². The molecule has 1 amide bonds. The predicted molar refractivity (Wildman–Crippen MR) is 98.2 cm³/mol. The first-order valence-corrected chi connectivity index (χ1v) is 8.81. The molecule has 1 atom stereocenters.